The Hall–Kier alpha value is -1.33. The molecule has 0 radical (unpaired) electrons. The molecule has 1 fully saturated rings. The van der Waals surface area contributed by atoms with E-state index in [0.29, 0.717) is 5.56 Å². The van der Waals surface area contributed by atoms with E-state index in [1.54, 1.807) is 20.8 Å². The first kappa shape index (κ1) is 15.1. The van der Waals surface area contributed by atoms with Crippen LogP contribution in [0.15, 0.2) is 18.2 Å². The van der Waals surface area contributed by atoms with E-state index in [2.05, 4.69) is 0 Å². The Morgan fingerprint density at radius 2 is 2.05 bits per heavy atom. The van der Waals surface area contributed by atoms with E-state index in [0.717, 1.165) is 0 Å². The summed E-state index contributed by atoms with van der Waals surface area (Å²) < 4.78 is 18.3. The summed E-state index contributed by atoms with van der Waals surface area (Å²) in [6, 6.07) is 4.04. The van der Waals surface area contributed by atoms with Crippen LogP contribution in [0.25, 0.3) is 0 Å². The lowest BCUT2D eigenvalue weighted by Gasteiger charge is -2.46. The van der Waals surface area contributed by atoms with Gasteiger partial charge >= 0.3 is 6.09 Å². The summed E-state index contributed by atoms with van der Waals surface area (Å²) in [5.41, 5.74) is -1.29. The van der Waals surface area contributed by atoms with Crippen LogP contribution >= 0.6 is 11.6 Å². The molecule has 0 atom stereocenters. The number of likely N-dealkylation sites (tertiary alicyclic amines) is 1. The average Bonchev–Trinajstić information content (AvgIpc) is 2.26. The maximum absolute atomic E-state index is 13.1. The second-order valence-electron chi connectivity index (χ2n) is 6.00. The van der Waals surface area contributed by atoms with Crippen molar-refractivity contribution in [3.63, 3.8) is 0 Å². The molecule has 0 spiro atoms. The van der Waals surface area contributed by atoms with Crippen LogP contribution in [0.3, 0.4) is 0 Å². The van der Waals surface area contributed by atoms with Gasteiger partial charge in [0.25, 0.3) is 0 Å². The number of carbonyl (C=O) groups excluding carboxylic acids is 1. The van der Waals surface area contributed by atoms with Crippen molar-refractivity contribution in [1.29, 1.82) is 0 Å². The van der Waals surface area contributed by atoms with Gasteiger partial charge in [0.2, 0.25) is 0 Å². The maximum Gasteiger partial charge on any atom is 0.410 e. The predicted molar refractivity (Wildman–Crippen MR) is 73.1 cm³/mol. The summed E-state index contributed by atoms with van der Waals surface area (Å²) in [4.78, 5) is 13.2. The van der Waals surface area contributed by atoms with Crippen molar-refractivity contribution in [3.05, 3.63) is 34.6 Å². The lowest BCUT2D eigenvalue weighted by molar-refractivity contribution is -0.103. The zero-order valence-electron chi connectivity index (χ0n) is 11.6. The monoisotopic (exact) mass is 301 g/mol. The minimum atomic E-state index is -1.20. The van der Waals surface area contributed by atoms with Crippen LogP contribution in [-0.4, -0.2) is 34.8 Å². The van der Waals surface area contributed by atoms with Crippen molar-refractivity contribution in [2.24, 2.45) is 0 Å². The van der Waals surface area contributed by atoms with Gasteiger partial charge in [0.15, 0.2) is 0 Å². The molecule has 4 nitrogen and oxygen atoms in total. The van der Waals surface area contributed by atoms with Crippen molar-refractivity contribution in [1.82, 2.24) is 4.90 Å². The molecule has 1 N–H and O–H groups in total. The van der Waals surface area contributed by atoms with E-state index in [9.17, 15) is 14.3 Å². The van der Waals surface area contributed by atoms with E-state index in [1.807, 2.05) is 0 Å². The molecule has 1 aromatic rings. The van der Waals surface area contributed by atoms with E-state index in [1.165, 1.54) is 23.1 Å². The highest BCUT2D eigenvalue weighted by Gasteiger charge is 2.46. The third kappa shape index (κ3) is 3.04. The number of halogens is 2. The lowest BCUT2D eigenvalue weighted by atomic mass is 9.86. The van der Waals surface area contributed by atoms with Gasteiger partial charge in [0.1, 0.15) is 17.0 Å². The van der Waals surface area contributed by atoms with Gasteiger partial charge in [-0.2, -0.15) is 0 Å². The largest absolute Gasteiger partial charge is 0.444 e. The van der Waals surface area contributed by atoms with Crippen LogP contribution in [-0.2, 0) is 10.3 Å². The third-order valence-corrected chi connectivity index (χ3v) is 3.30. The molecule has 1 aliphatic heterocycles. The molecule has 6 heteroatoms. The van der Waals surface area contributed by atoms with Crippen LogP contribution in [0, 0.1) is 5.82 Å². The molecule has 1 heterocycles. The number of carbonyl (C=O) groups is 1. The number of nitrogens with zero attached hydrogens (tertiary/aromatic N) is 1. The van der Waals surface area contributed by atoms with Gasteiger partial charge in [-0.15, -0.1) is 0 Å². The molecular formula is C14H17ClFNO3. The van der Waals surface area contributed by atoms with Gasteiger partial charge in [-0.1, -0.05) is 17.7 Å². The average molecular weight is 302 g/mol. The molecule has 20 heavy (non-hydrogen) atoms. The summed E-state index contributed by atoms with van der Waals surface area (Å²) in [7, 11) is 0. The standard InChI is InChI=1S/C14H17ClFNO3/c1-13(2,3)20-12(18)17-7-14(19,8-17)9-4-5-11(16)10(15)6-9/h4-6,19H,7-8H2,1-3H3. The first-order valence-corrected chi connectivity index (χ1v) is 6.64. The molecule has 0 bridgehead atoms. The zero-order valence-corrected chi connectivity index (χ0v) is 12.4. The van der Waals surface area contributed by atoms with E-state index in [-0.39, 0.29) is 18.1 Å². The maximum atomic E-state index is 13.1. The van der Waals surface area contributed by atoms with Crippen molar-refractivity contribution >= 4 is 17.7 Å². The Kier molecular flexibility index (Phi) is 3.69. The molecule has 1 aromatic carbocycles. The number of β-amino-alcohol motifs (C(OH)–C–C–N with tert-alkyl or cyclic N) is 1. The number of amides is 1. The van der Waals surface area contributed by atoms with E-state index < -0.39 is 23.1 Å². The minimum absolute atomic E-state index is 0.0494. The molecule has 0 saturated carbocycles. The molecule has 0 unspecified atom stereocenters. The minimum Gasteiger partial charge on any atom is -0.444 e. The third-order valence-electron chi connectivity index (χ3n) is 3.01. The zero-order chi connectivity index (χ0) is 15.1. The normalized spacial score (nSPS) is 17.6. The quantitative estimate of drug-likeness (QED) is 0.867. The highest BCUT2D eigenvalue weighted by Crippen LogP contribution is 2.34. The van der Waals surface area contributed by atoms with Gasteiger partial charge < -0.3 is 14.7 Å². The second kappa shape index (κ2) is 4.90. The number of aliphatic hydroxyl groups is 1. The Morgan fingerprint density at radius 1 is 1.45 bits per heavy atom. The summed E-state index contributed by atoms with van der Waals surface area (Å²) in [5.74, 6) is -0.540. The van der Waals surface area contributed by atoms with Crippen LogP contribution < -0.4 is 0 Å². The second-order valence-corrected chi connectivity index (χ2v) is 6.40. The number of hydrogen-bond acceptors (Lipinski definition) is 3. The number of ether oxygens (including phenoxy) is 1. The SMILES string of the molecule is CC(C)(C)OC(=O)N1CC(O)(c2ccc(F)c(Cl)c2)C1. The molecule has 0 aliphatic carbocycles. The number of hydrogen-bond donors (Lipinski definition) is 1. The van der Waals surface area contributed by atoms with Crippen molar-refractivity contribution < 1.29 is 19.0 Å². The Labute approximate surface area is 122 Å². The first-order valence-electron chi connectivity index (χ1n) is 6.27. The van der Waals surface area contributed by atoms with Crippen molar-refractivity contribution in [2.45, 2.75) is 32.0 Å². The highest BCUT2D eigenvalue weighted by atomic mass is 35.5. The fraction of sp³-hybridized carbons (Fsp3) is 0.500. The van der Waals surface area contributed by atoms with E-state index in [4.69, 9.17) is 16.3 Å². The predicted octanol–water partition coefficient (Wildman–Crippen LogP) is 2.92. The van der Waals surface area contributed by atoms with E-state index >= 15 is 0 Å². The first-order chi connectivity index (χ1) is 9.11. The lowest BCUT2D eigenvalue weighted by Crippen LogP contribution is -2.61. The summed E-state index contributed by atoms with van der Waals surface area (Å²) in [6.45, 7) is 5.53. The molecule has 1 aliphatic rings. The van der Waals surface area contributed by atoms with Crippen molar-refractivity contribution in [3.8, 4) is 0 Å². The van der Waals surface area contributed by atoms with Crippen LogP contribution in [0.1, 0.15) is 26.3 Å². The van der Waals surface area contributed by atoms with Gasteiger partial charge in [0, 0.05) is 0 Å². The molecule has 2 rings (SSSR count). The number of benzene rings is 1. The fourth-order valence-corrected chi connectivity index (χ4v) is 2.19. The van der Waals surface area contributed by atoms with Crippen molar-refractivity contribution in [2.75, 3.05) is 13.1 Å². The molecule has 0 aromatic heterocycles. The van der Waals surface area contributed by atoms with Gasteiger partial charge in [-0.25, -0.2) is 9.18 Å². The van der Waals surface area contributed by atoms with Gasteiger partial charge in [0.05, 0.1) is 18.1 Å². The Morgan fingerprint density at radius 3 is 2.55 bits per heavy atom. The molecule has 110 valence electrons. The fourth-order valence-electron chi connectivity index (χ4n) is 2.01. The Bertz CT molecular complexity index is 536. The Balaban J connectivity index is 2.03. The van der Waals surface area contributed by atoms with Crippen LogP contribution in [0.2, 0.25) is 5.02 Å². The molecule has 1 saturated heterocycles. The van der Waals surface area contributed by atoms with Gasteiger partial charge in [-0.3, -0.25) is 0 Å². The molecule has 1 amide bonds. The summed E-state index contributed by atoms with van der Waals surface area (Å²) in [6.07, 6.45) is -0.476. The summed E-state index contributed by atoms with van der Waals surface area (Å²) in [5, 5.41) is 10.3. The number of rotatable bonds is 1. The van der Waals surface area contributed by atoms with Gasteiger partial charge in [-0.05, 0) is 38.5 Å². The highest BCUT2D eigenvalue weighted by molar-refractivity contribution is 6.30. The van der Waals surface area contributed by atoms with Crippen LogP contribution in [0.5, 0.6) is 0 Å². The smallest absolute Gasteiger partial charge is 0.410 e. The molecular weight excluding hydrogens is 285 g/mol. The van der Waals surface area contributed by atoms with Crippen LogP contribution in [0.4, 0.5) is 9.18 Å². The topological polar surface area (TPSA) is 49.8 Å². The summed E-state index contributed by atoms with van der Waals surface area (Å²) >= 11 is 5.70.